The molecule has 1 aromatic heterocycles. The van der Waals surface area contributed by atoms with Crippen molar-refractivity contribution in [2.24, 2.45) is 0 Å². The predicted octanol–water partition coefficient (Wildman–Crippen LogP) is 1.44. The maximum atomic E-state index is 5.05. The molecule has 0 atom stereocenters. The van der Waals surface area contributed by atoms with Gasteiger partial charge in [0.1, 0.15) is 5.76 Å². The van der Waals surface area contributed by atoms with E-state index in [9.17, 15) is 0 Å². The molecule has 1 heterocycles. The van der Waals surface area contributed by atoms with E-state index in [1.54, 1.807) is 0 Å². The topological polar surface area (TPSA) is 38.1 Å². The Hall–Kier alpha value is -0.830. The van der Waals surface area contributed by atoms with E-state index in [0.29, 0.717) is 0 Å². The average Bonchev–Trinajstić information content (AvgIpc) is 2.35. The molecule has 0 radical (unpaired) electrons. The largest absolute Gasteiger partial charge is 0.361 e. The van der Waals surface area contributed by atoms with Gasteiger partial charge < -0.3 is 9.84 Å². The number of hydrogen-bond donors (Lipinski definition) is 1. The van der Waals surface area contributed by atoms with E-state index in [4.69, 9.17) is 4.52 Å². The highest BCUT2D eigenvalue weighted by molar-refractivity contribution is 5.20. The van der Waals surface area contributed by atoms with E-state index in [1.807, 2.05) is 13.8 Å². The van der Waals surface area contributed by atoms with Crippen molar-refractivity contribution in [2.45, 2.75) is 27.2 Å². The molecule has 1 aromatic rings. The Morgan fingerprint density at radius 3 is 2.67 bits per heavy atom. The highest BCUT2D eigenvalue weighted by Gasteiger charge is 2.06. The van der Waals surface area contributed by atoms with Crippen molar-refractivity contribution in [1.29, 1.82) is 0 Å². The fraction of sp³-hybridized carbons (Fsp3) is 0.667. The summed E-state index contributed by atoms with van der Waals surface area (Å²) < 4.78 is 5.05. The van der Waals surface area contributed by atoms with E-state index in [0.717, 1.165) is 31.0 Å². The summed E-state index contributed by atoms with van der Waals surface area (Å²) in [5.74, 6) is 0.949. The van der Waals surface area contributed by atoms with E-state index < -0.39 is 0 Å². The molecule has 0 unspecified atom stereocenters. The summed E-state index contributed by atoms with van der Waals surface area (Å²) in [4.78, 5) is 0. The Kier molecular flexibility index (Phi) is 3.29. The SMILES string of the molecule is CCNCCc1c(C)noc1C. The molecule has 1 rings (SSSR count). The Bertz CT molecular complexity index is 223. The zero-order valence-electron chi connectivity index (χ0n) is 7.98. The summed E-state index contributed by atoms with van der Waals surface area (Å²) >= 11 is 0. The van der Waals surface area contributed by atoms with Gasteiger partial charge in [0.15, 0.2) is 0 Å². The minimum atomic E-state index is 0.949. The lowest BCUT2D eigenvalue weighted by Crippen LogP contribution is -2.16. The lowest BCUT2D eigenvalue weighted by molar-refractivity contribution is 0.392. The van der Waals surface area contributed by atoms with Crippen LogP contribution in [0.25, 0.3) is 0 Å². The number of rotatable bonds is 4. The first-order valence-electron chi connectivity index (χ1n) is 4.38. The third kappa shape index (κ3) is 2.08. The van der Waals surface area contributed by atoms with Crippen LogP contribution in [-0.2, 0) is 6.42 Å². The van der Waals surface area contributed by atoms with Gasteiger partial charge in [0.25, 0.3) is 0 Å². The molecule has 0 aliphatic rings. The van der Waals surface area contributed by atoms with Crippen LogP contribution in [0, 0.1) is 13.8 Å². The fourth-order valence-electron chi connectivity index (χ4n) is 1.25. The second-order valence-electron chi connectivity index (χ2n) is 2.91. The predicted molar refractivity (Wildman–Crippen MR) is 48.2 cm³/mol. The van der Waals surface area contributed by atoms with E-state index >= 15 is 0 Å². The van der Waals surface area contributed by atoms with Crippen LogP contribution in [0.15, 0.2) is 4.52 Å². The van der Waals surface area contributed by atoms with Gasteiger partial charge >= 0.3 is 0 Å². The summed E-state index contributed by atoms with van der Waals surface area (Å²) in [6.07, 6.45) is 1.01. The molecule has 1 N–H and O–H groups in total. The second kappa shape index (κ2) is 4.26. The van der Waals surface area contributed by atoms with Crippen LogP contribution >= 0.6 is 0 Å². The number of nitrogens with zero attached hydrogens (tertiary/aromatic N) is 1. The molecule has 68 valence electrons. The fourth-order valence-corrected chi connectivity index (χ4v) is 1.25. The Labute approximate surface area is 73.1 Å². The molecular weight excluding hydrogens is 152 g/mol. The molecule has 0 fully saturated rings. The summed E-state index contributed by atoms with van der Waals surface area (Å²) in [6, 6.07) is 0. The second-order valence-corrected chi connectivity index (χ2v) is 2.91. The summed E-state index contributed by atoms with van der Waals surface area (Å²) in [6.45, 7) is 8.06. The van der Waals surface area contributed by atoms with Crippen LogP contribution < -0.4 is 5.32 Å². The van der Waals surface area contributed by atoms with Gasteiger partial charge in [-0.05, 0) is 33.4 Å². The third-order valence-electron chi connectivity index (χ3n) is 1.98. The maximum Gasteiger partial charge on any atom is 0.137 e. The monoisotopic (exact) mass is 168 g/mol. The van der Waals surface area contributed by atoms with Crippen LogP contribution in [0.5, 0.6) is 0 Å². The van der Waals surface area contributed by atoms with Crippen molar-refractivity contribution in [1.82, 2.24) is 10.5 Å². The zero-order valence-corrected chi connectivity index (χ0v) is 7.98. The summed E-state index contributed by atoms with van der Waals surface area (Å²) in [5.41, 5.74) is 2.27. The van der Waals surface area contributed by atoms with Crippen molar-refractivity contribution < 1.29 is 4.52 Å². The van der Waals surface area contributed by atoms with Gasteiger partial charge in [0.2, 0.25) is 0 Å². The first-order valence-corrected chi connectivity index (χ1v) is 4.38. The number of likely N-dealkylation sites (N-methyl/N-ethyl adjacent to an activating group) is 1. The number of hydrogen-bond acceptors (Lipinski definition) is 3. The van der Waals surface area contributed by atoms with Crippen LogP contribution in [0.4, 0.5) is 0 Å². The molecule has 0 saturated carbocycles. The number of aromatic nitrogens is 1. The zero-order chi connectivity index (χ0) is 8.97. The molecule has 0 amide bonds. The van der Waals surface area contributed by atoms with Crippen molar-refractivity contribution in [3.8, 4) is 0 Å². The van der Waals surface area contributed by atoms with Crippen LogP contribution in [0.1, 0.15) is 23.9 Å². The van der Waals surface area contributed by atoms with Crippen molar-refractivity contribution in [3.05, 3.63) is 17.0 Å². The highest BCUT2D eigenvalue weighted by atomic mass is 16.5. The molecule has 12 heavy (non-hydrogen) atoms. The molecule has 3 nitrogen and oxygen atoms in total. The molecule has 0 saturated heterocycles. The molecule has 0 aromatic carbocycles. The Morgan fingerprint density at radius 1 is 1.42 bits per heavy atom. The molecule has 0 bridgehead atoms. The van der Waals surface area contributed by atoms with Gasteiger partial charge in [0.05, 0.1) is 5.69 Å². The number of aryl methyl sites for hydroxylation is 2. The van der Waals surface area contributed by atoms with Gasteiger partial charge in [-0.15, -0.1) is 0 Å². The normalized spacial score (nSPS) is 10.6. The van der Waals surface area contributed by atoms with Gasteiger partial charge in [-0.1, -0.05) is 12.1 Å². The third-order valence-corrected chi connectivity index (χ3v) is 1.98. The molecule has 0 aliphatic heterocycles. The number of nitrogens with one attached hydrogen (secondary N) is 1. The van der Waals surface area contributed by atoms with Crippen molar-refractivity contribution in [2.75, 3.05) is 13.1 Å². The molecule has 0 aliphatic carbocycles. The van der Waals surface area contributed by atoms with Crippen LogP contribution in [-0.4, -0.2) is 18.2 Å². The molecule has 3 heteroatoms. The van der Waals surface area contributed by atoms with Gasteiger partial charge in [-0.3, -0.25) is 0 Å². The van der Waals surface area contributed by atoms with Crippen LogP contribution in [0.2, 0.25) is 0 Å². The minimum Gasteiger partial charge on any atom is -0.361 e. The van der Waals surface area contributed by atoms with Gasteiger partial charge in [-0.2, -0.15) is 0 Å². The smallest absolute Gasteiger partial charge is 0.137 e. The maximum absolute atomic E-state index is 5.05. The van der Waals surface area contributed by atoms with Crippen molar-refractivity contribution >= 4 is 0 Å². The minimum absolute atomic E-state index is 0.949. The Morgan fingerprint density at radius 2 is 2.17 bits per heavy atom. The Balaban J connectivity index is 2.50. The lowest BCUT2D eigenvalue weighted by Gasteiger charge is -1.99. The van der Waals surface area contributed by atoms with Gasteiger partial charge in [-0.25, -0.2) is 0 Å². The lowest BCUT2D eigenvalue weighted by atomic mass is 10.1. The standard InChI is InChI=1S/C9H16N2O/c1-4-10-6-5-9-7(2)11-12-8(9)3/h10H,4-6H2,1-3H3. The summed E-state index contributed by atoms with van der Waals surface area (Å²) in [7, 11) is 0. The van der Waals surface area contributed by atoms with Gasteiger partial charge in [0, 0.05) is 5.56 Å². The van der Waals surface area contributed by atoms with E-state index in [1.165, 1.54) is 5.56 Å². The first-order chi connectivity index (χ1) is 5.75. The quantitative estimate of drug-likeness (QED) is 0.691. The van der Waals surface area contributed by atoms with Crippen molar-refractivity contribution in [3.63, 3.8) is 0 Å². The van der Waals surface area contributed by atoms with E-state index in [2.05, 4.69) is 17.4 Å². The first kappa shape index (κ1) is 9.26. The molecule has 0 spiro atoms. The average molecular weight is 168 g/mol. The highest BCUT2D eigenvalue weighted by Crippen LogP contribution is 2.11. The molecular formula is C9H16N2O. The summed E-state index contributed by atoms with van der Waals surface area (Å²) in [5, 5.41) is 7.16. The van der Waals surface area contributed by atoms with E-state index in [-0.39, 0.29) is 0 Å². The van der Waals surface area contributed by atoms with Crippen LogP contribution in [0.3, 0.4) is 0 Å².